The van der Waals surface area contributed by atoms with E-state index in [-0.39, 0.29) is 17.7 Å². The lowest BCUT2D eigenvalue weighted by molar-refractivity contribution is -0.161. The minimum Gasteiger partial charge on any atom is -0.510 e. The van der Waals surface area contributed by atoms with Gasteiger partial charge in [-0.2, -0.15) is 0 Å². The van der Waals surface area contributed by atoms with Gasteiger partial charge in [-0.3, -0.25) is 19.3 Å². The molecule has 0 aromatic heterocycles. The highest BCUT2D eigenvalue weighted by atomic mass is 79.9. The topological polar surface area (TPSA) is 208 Å². The lowest BCUT2D eigenvalue weighted by atomic mass is 9.57. The fraction of sp³-hybridized carbons (Fsp3) is 0.381. The summed E-state index contributed by atoms with van der Waals surface area (Å²) in [6.45, 7) is 0. The van der Waals surface area contributed by atoms with Crippen LogP contribution in [0.15, 0.2) is 33.2 Å². The quantitative estimate of drug-likeness (QED) is 0.149. The minimum atomic E-state index is -2.93. The number of carbonyl (C=O) groups is 3. The van der Waals surface area contributed by atoms with E-state index >= 15 is 0 Å². The van der Waals surface area contributed by atoms with Crippen LogP contribution in [0.3, 0.4) is 0 Å². The summed E-state index contributed by atoms with van der Waals surface area (Å²) in [6.07, 6.45) is -1.67. The number of phenols is 1. The fourth-order valence-corrected chi connectivity index (χ4v) is 5.76. The van der Waals surface area contributed by atoms with E-state index in [1.165, 1.54) is 25.1 Å². The van der Waals surface area contributed by atoms with Crippen LogP contribution < -0.4 is 11.5 Å². The first kappa shape index (κ1) is 23.2. The standard InChI is InChI=1S/C21H22BrN3O8/c1-25(2)13-11-14(26)6-3-5-4-7(22)12(23)16(28)8(5)15(27)9(6)18(30)21(11,33)19(31)10(17(13)29)20(24)32/h4,6,11,13-14,26,28-30,33H,3,23H2,1-2H3,(H2,24,32)/t6-,11-,13+,14+,21+/m1/s1. The first-order chi connectivity index (χ1) is 15.3. The number of likely N-dealkylation sites (N-methyl/N-ethyl adjacent to an activating group) is 1. The van der Waals surface area contributed by atoms with Crippen LogP contribution in [0.25, 0.3) is 0 Å². The molecule has 0 saturated carbocycles. The number of fused-ring (bicyclic) bond motifs is 3. The smallest absolute Gasteiger partial charge is 0.255 e. The second kappa shape index (κ2) is 7.29. The molecule has 1 amide bonds. The number of nitrogen functional groups attached to an aromatic ring is 1. The molecule has 5 atom stereocenters. The zero-order valence-electron chi connectivity index (χ0n) is 17.5. The van der Waals surface area contributed by atoms with Crippen molar-refractivity contribution in [2.45, 2.75) is 24.2 Å². The SMILES string of the molecule is CN(C)[C@@H]1C(O)=C(C(N)=O)C(=O)[C@@]2(O)C(O)=C3C(=O)c4c(cc(Br)c(N)c4O)C[C@H]3[C@H](O)[C@@H]12. The first-order valence-corrected chi connectivity index (χ1v) is 10.7. The maximum Gasteiger partial charge on any atom is 0.255 e. The molecule has 0 saturated heterocycles. The molecule has 0 radical (unpaired) electrons. The number of aromatic hydroxyl groups is 1. The molecule has 3 aliphatic carbocycles. The van der Waals surface area contributed by atoms with Crippen LogP contribution in [0.2, 0.25) is 0 Å². The lowest BCUT2D eigenvalue weighted by Crippen LogP contribution is -2.68. The van der Waals surface area contributed by atoms with E-state index in [1.807, 2.05) is 0 Å². The number of rotatable bonds is 2. The molecular formula is C21H22BrN3O8. The van der Waals surface area contributed by atoms with Gasteiger partial charge in [-0.05, 0) is 48.1 Å². The molecule has 0 fully saturated rings. The second-order valence-corrected chi connectivity index (χ2v) is 9.56. The number of aliphatic hydroxyl groups excluding tert-OH is 3. The molecule has 3 aliphatic rings. The molecule has 0 unspecified atom stereocenters. The number of amides is 1. The Labute approximate surface area is 195 Å². The summed E-state index contributed by atoms with van der Waals surface area (Å²) in [5, 5.41) is 55.1. The number of nitrogens with zero attached hydrogens (tertiary/aromatic N) is 1. The number of Topliss-reactive ketones (excluding diaryl/α,β-unsaturated/α-hetero) is 2. The van der Waals surface area contributed by atoms with Gasteiger partial charge in [0.1, 0.15) is 17.1 Å². The van der Waals surface area contributed by atoms with Gasteiger partial charge >= 0.3 is 0 Å². The molecule has 12 heteroatoms. The van der Waals surface area contributed by atoms with Gasteiger partial charge < -0.3 is 37.0 Å². The lowest BCUT2D eigenvalue weighted by Gasteiger charge is -2.52. The number of anilines is 1. The Kier molecular flexibility index (Phi) is 5.13. The molecule has 1 aromatic carbocycles. The van der Waals surface area contributed by atoms with E-state index in [2.05, 4.69) is 15.9 Å². The summed E-state index contributed by atoms with van der Waals surface area (Å²) < 4.78 is 0.315. The summed E-state index contributed by atoms with van der Waals surface area (Å²) in [6, 6.07) is 0.207. The number of hydrogen-bond donors (Lipinski definition) is 7. The van der Waals surface area contributed by atoms with E-state index in [0.29, 0.717) is 10.0 Å². The largest absolute Gasteiger partial charge is 0.510 e. The third-order valence-corrected chi connectivity index (χ3v) is 7.44. The van der Waals surface area contributed by atoms with Gasteiger partial charge in [-0.25, -0.2) is 0 Å². The van der Waals surface area contributed by atoms with E-state index in [9.17, 15) is 39.9 Å². The highest BCUT2D eigenvalue weighted by Gasteiger charge is 2.66. The van der Waals surface area contributed by atoms with Crippen molar-refractivity contribution in [1.29, 1.82) is 0 Å². The summed E-state index contributed by atoms with van der Waals surface area (Å²) in [7, 11) is 2.94. The van der Waals surface area contributed by atoms with Gasteiger partial charge in [0.25, 0.3) is 5.91 Å². The number of benzene rings is 1. The maximum absolute atomic E-state index is 13.4. The van der Waals surface area contributed by atoms with Crippen LogP contribution in [0, 0.1) is 11.8 Å². The van der Waals surface area contributed by atoms with Crippen molar-refractivity contribution in [1.82, 2.24) is 4.90 Å². The summed E-state index contributed by atoms with van der Waals surface area (Å²) >= 11 is 3.19. The monoisotopic (exact) mass is 523 g/mol. The third-order valence-electron chi connectivity index (χ3n) is 6.78. The number of nitrogens with two attached hydrogens (primary N) is 2. The Bertz CT molecular complexity index is 1210. The molecule has 1 aromatic rings. The third kappa shape index (κ3) is 2.81. The average Bonchev–Trinajstić information content (AvgIpc) is 2.71. The predicted molar refractivity (Wildman–Crippen MR) is 117 cm³/mol. The number of hydrogen-bond acceptors (Lipinski definition) is 10. The van der Waals surface area contributed by atoms with Gasteiger partial charge in [0.2, 0.25) is 5.78 Å². The number of primary amides is 1. The Morgan fingerprint density at radius 2 is 1.85 bits per heavy atom. The molecule has 11 nitrogen and oxygen atoms in total. The summed E-state index contributed by atoms with van der Waals surface area (Å²) in [5.41, 5.74) is 6.67. The molecule has 4 rings (SSSR count). The van der Waals surface area contributed by atoms with Crippen molar-refractivity contribution >= 4 is 39.1 Å². The van der Waals surface area contributed by atoms with Gasteiger partial charge in [0.05, 0.1) is 29.3 Å². The number of carbonyl (C=O) groups excluding carboxylic acids is 3. The average molecular weight is 524 g/mol. The van der Waals surface area contributed by atoms with Crippen molar-refractivity contribution in [3.05, 3.63) is 44.3 Å². The zero-order chi connectivity index (χ0) is 24.7. The second-order valence-electron chi connectivity index (χ2n) is 8.70. The van der Waals surface area contributed by atoms with Crippen LogP contribution in [-0.4, -0.2) is 79.7 Å². The van der Waals surface area contributed by atoms with Crippen LogP contribution in [-0.2, 0) is 16.0 Å². The molecule has 0 aliphatic heterocycles. The Morgan fingerprint density at radius 1 is 1.24 bits per heavy atom. The summed E-state index contributed by atoms with van der Waals surface area (Å²) in [5.74, 6) is -8.73. The van der Waals surface area contributed by atoms with Crippen LogP contribution >= 0.6 is 15.9 Å². The summed E-state index contributed by atoms with van der Waals surface area (Å²) in [4.78, 5) is 39.8. The van der Waals surface area contributed by atoms with Gasteiger partial charge in [0.15, 0.2) is 17.1 Å². The van der Waals surface area contributed by atoms with E-state index in [1.54, 1.807) is 0 Å². The molecule has 176 valence electrons. The number of aliphatic hydroxyl groups is 4. The Balaban J connectivity index is 2.03. The van der Waals surface area contributed by atoms with Crippen molar-refractivity contribution in [2.75, 3.05) is 19.8 Å². The minimum absolute atomic E-state index is 0.0534. The molecule has 0 bridgehead atoms. The molecule has 9 N–H and O–H groups in total. The van der Waals surface area contributed by atoms with Gasteiger partial charge in [-0.15, -0.1) is 0 Å². The molecule has 0 heterocycles. The highest BCUT2D eigenvalue weighted by Crippen LogP contribution is 2.53. The van der Waals surface area contributed by atoms with Gasteiger partial charge in [0, 0.05) is 16.0 Å². The van der Waals surface area contributed by atoms with Gasteiger partial charge in [-0.1, -0.05) is 0 Å². The van der Waals surface area contributed by atoms with E-state index in [4.69, 9.17) is 11.5 Å². The van der Waals surface area contributed by atoms with Crippen molar-refractivity contribution in [2.24, 2.45) is 17.6 Å². The number of phenolic OH excluding ortho intramolecular Hbond substituents is 1. The van der Waals surface area contributed by atoms with E-state index in [0.717, 1.165) is 0 Å². The number of halogens is 1. The molecule has 33 heavy (non-hydrogen) atoms. The first-order valence-electron chi connectivity index (χ1n) is 9.89. The predicted octanol–water partition coefficient (Wildman–Crippen LogP) is -0.564. The molecule has 0 spiro atoms. The highest BCUT2D eigenvalue weighted by molar-refractivity contribution is 9.10. The van der Waals surface area contributed by atoms with Crippen LogP contribution in [0.4, 0.5) is 5.69 Å². The Morgan fingerprint density at radius 3 is 2.39 bits per heavy atom. The van der Waals surface area contributed by atoms with Crippen LogP contribution in [0.5, 0.6) is 5.75 Å². The fourth-order valence-electron chi connectivity index (χ4n) is 5.30. The molecular weight excluding hydrogens is 502 g/mol. The zero-order valence-corrected chi connectivity index (χ0v) is 19.1. The van der Waals surface area contributed by atoms with Crippen molar-refractivity contribution < 1.29 is 39.9 Å². The number of ketones is 2. The Hall–Kier alpha value is -2.93. The van der Waals surface area contributed by atoms with Crippen LogP contribution in [0.1, 0.15) is 15.9 Å². The van der Waals surface area contributed by atoms with Crippen molar-refractivity contribution in [3.63, 3.8) is 0 Å². The maximum atomic E-state index is 13.4. The normalized spacial score (nSPS) is 31.5. The van der Waals surface area contributed by atoms with Crippen molar-refractivity contribution in [3.8, 4) is 5.75 Å². The van der Waals surface area contributed by atoms with E-state index < -0.39 is 75.5 Å².